The highest BCUT2D eigenvalue weighted by molar-refractivity contribution is 7.89. The molecule has 94 valence electrons. The zero-order chi connectivity index (χ0) is 12.5. The van der Waals surface area contributed by atoms with Gasteiger partial charge in [0.1, 0.15) is 0 Å². The van der Waals surface area contributed by atoms with Crippen LogP contribution in [0.2, 0.25) is 5.02 Å². The molecule has 1 fully saturated rings. The van der Waals surface area contributed by atoms with Crippen LogP contribution >= 0.6 is 11.6 Å². The van der Waals surface area contributed by atoms with Crippen LogP contribution in [0.1, 0.15) is 24.8 Å². The lowest BCUT2D eigenvalue weighted by atomic mass is 10.2. The van der Waals surface area contributed by atoms with Crippen molar-refractivity contribution in [3.05, 3.63) is 28.8 Å². The summed E-state index contributed by atoms with van der Waals surface area (Å²) in [6.45, 7) is 3.04. The van der Waals surface area contributed by atoms with Crippen molar-refractivity contribution in [3.63, 3.8) is 0 Å². The van der Waals surface area contributed by atoms with Crippen LogP contribution in [0.4, 0.5) is 0 Å². The second-order valence-corrected chi connectivity index (χ2v) is 6.72. The van der Waals surface area contributed by atoms with Crippen LogP contribution in [0.15, 0.2) is 23.1 Å². The van der Waals surface area contributed by atoms with Crippen molar-refractivity contribution in [2.75, 3.05) is 13.1 Å². The monoisotopic (exact) mass is 273 g/mol. The van der Waals surface area contributed by atoms with Crippen LogP contribution < -0.4 is 0 Å². The summed E-state index contributed by atoms with van der Waals surface area (Å²) in [5.41, 5.74) is 0.750. The average Bonchev–Trinajstić information content (AvgIpc) is 2.33. The van der Waals surface area contributed by atoms with Gasteiger partial charge in [-0.1, -0.05) is 24.1 Å². The zero-order valence-corrected chi connectivity index (χ0v) is 11.4. The molecule has 0 spiro atoms. The van der Waals surface area contributed by atoms with E-state index < -0.39 is 10.0 Å². The molecule has 0 bridgehead atoms. The number of piperidine rings is 1. The molecule has 3 nitrogen and oxygen atoms in total. The normalized spacial score (nSPS) is 18.2. The number of rotatable bonds is 2. The van der Waals surface area contributed by atoms with E-state index in [9.17, 15) is 8.42 Å². The lowest BCUT2D eigenvalue weighted by Gasteiger charge is -2.26. The van der Waals surface area contributed by atoms with E-state index in [4.69, 9.17) is 11.6 Å². The fourth-order valence-electron chi connectivity index (χ4n) is 2.10. The van der Waals surface area contributed by atoms with Crippen molar-refractivity contribution in [2.24, 2.45) is 0 Å². The molecule has 0 atom stereocenters. The van der Waals surface area contributed by atoms with Crippen molar-refractivity contribution in [1.29, 1.82) is 0 Å². The van der Waals surface area contributed by atoms with E-state index in [1.807, 2.05) is 0 Å². The third-order valence-electron chi connectivity index (χ3n) is 3.08. The van der Waals surface area contributed by atoms with Gasteiger partial charge < -0.3 is 0 Å². The summed E-state index contributed by atoms with van der Waals surface area (Å²) < 4.78 is 26.4. The summed E-state index contributed by atoms with van der Waals surface area (Å²) in [5, 5.41) is 0.464. The van der Waals surface area contributed by atoms with Gasteiger partial charge >= 0.3 is 0 Å². The Balaban J connectivity index is 2.40. The van der Waals surface area contributed by atoms with Gasteiger partial charge in [0.25, 0.3) is 0 Å². The SMILES string of the molecule is Cc1ccc(Cl)cc1S(=O)(=O)N1CCCCC1. The van der Waals surface area contributed by atoms with Crippen molar-refractivity contribution >= 4 is 21.6 Å². The van der Waals surface area contributed by atoms with Crippen LogP contribution in [-0.2, 0) is 10.0 Å². The summed E-state index contributed by atoms with van der Waals surface area (Å²) in [6.07, 6.45) is 3.00. The smallest absolute Gasteiger partial charge is 0.207 e. The highest BCUT2D eigenvalue weighted by atomic mass is 35.5. The van der Waals surface area contributed by atoms with E-state index in [1.165, 1.54) is 0 Å². The quantitative estimate of drug-likeness (QED) is 0.831. The zero-order valence-electron chi connectivity index (χ0n) is 9.82. The molecule has 0 aliphatic carbocycles. The maximum Gasteiger partial charge on any atom is 0.243 e. The topological polar surface area (TPSA) is 37.4 Å². The number of nitrogens with zero attached hydrogens (tertiary/aromatic N) is 1. The van der Waals surface area contributed by atoms with Crippen LogP contribution in [0.25, 0.3) is 0 Å². The first-order valence-electron chi connectivity index (χ1n) is 5.78. The Morgan fingerprint density at radius 2 is 1.82 bits per heavy atom. The molecule has 1 aliphatic rings. The molecule has 0 unspecified atom stereocenters. The Bertz CT molecular complexity index is 507. The summed E-state index contributed by atoms with van der Waals surface area (Å²) in [7, 11) is -3.37. The van der Waals surface area contributed by atoms with E-state index >= 15 is 0 Å². The van der Waals surface area contributed by atoms with Gasteiger partial charge in [0.2, 0.25) is 10.0 Å². The van der Waals surface area contributed by atoms with Gasteiger partial charge in [0.15, 0.2) is 0 Å². The summed E-state index contributed by atoms with van der Waals surface area (Å²) in [6, 6.07) is 5.01. The molecule has 5 heteroatoms. The van der Waals surface area contributed by atoms with Crippen molar-refractivity contribution in [3.8, 4) is 0 Å². The highest BCUT2D eigenvalue weighted by Gasteiger charge is 2.27. The van der Waals surface area contributed by atoms with Gasteiger partial charge in [0, 0.05) is 18.1 Å². The Morgan fingerprint density at radius 1 is 1.18 bits per heavy atom. The van der Waals surface area contributed by atoms with Gasteiger partial charge in [0.05, 0.1) is 4.90 Å². The second-order valence-electron chi connectivity index (χ2n) is 4.37. The Morgan fingerprint density at radius 3 is 2.47 bits per heavy atom. The summed E-state index contributed by atoms with van der Waals surface area (Å²) >= 11 is 5.88. The first kappa shape index (κ1) is 12.9. The largest absolute Gasteiger partial charge is 0.243 e. The van der Waals surface area contributed by atoms with E-state index in [0.29, 0.717) is 23.0 Å². The van der Waals surface area contributed by atoms with Crippen LogP contribution in [0.5, 0.6) is 0 Å². The first-order valence-corrected chi connectivity index (χ1v) is 7.60. The molecule has 0 amide bonds. The number of sulfonamides is 1. The molecular formula is C12H16ClNO2S. The fourth-order valence-corrected chi connectivity index (χ4v) is 4.10. The van der Waals surface area contributed by atoms with Gasteiger partial charge in [-0.25, -0.2) is 8.42 Å². The fraction of sp³-hybridized carbons (Fsp3) is 0.500. The molecule has 0 radical (unpaired) electrons. The van der Waals surface area contributed by atoms with Gasteiger partial charge in [-0.2, -0.15) is 4.31 Å². The molecule has 1 saturated heterocycles. The maximum atomic E-state index is 12.4. The van der Waals surface area contributed by atoms with E-state index in [-0.39, 0.29) is 0 Å². The van der Waals surface area contributed by atoms with E-state index in [1.54, 1.807) is 29.4 Å². The predicted octanol–water partition coefficient (Wildman–Crippen LogP) is 2.82. The molecule has 2 rings (SSSR count). The van der Waals surface area contributed by atoms with Gasteiger partial charge in [-0.05, 0) is 37.5 Å². The van der Waals surface area contributed by atoms with Crippen molar-refractivity contribution in [1.82, 2.24) is 4.31 Å². The first-order chi connectivity index (χ1) is 8.01. The predicted molar refractivity (Wildman–Crippen MR) is 68.8 cm³/mol. The van der Waals surface area contributed by atoms with E-state index in [2.05, 4.69) is 0 Å². The lowest BCUT2D eigenvalue weighted by molar-refractivity contribution is 0.346. The molecule has 1 heterocycles. The molecule has 17 heavy (non-hydrogen) atoms. The molecule has 0 saturated carbocycles. The van der Waals surface area contributed by atoms with Crippen LogP contribution in [-0.4, -0.2) is 25.8 Å². The average molecular weight is 274 g/mol. The molecular weight excluding hydrogens is 258 g/mol. The molecule has 1 aromatic carbocycles. The summed E-state index contributed by atoms with van der Waals surface area (Å²) in [5.74, 6) is 0. The second kappa shape index (κ2) is 4.96. The number of halogens is 1. The Labute approximate surface area is 107 Å². The third-order valence-corrected chi connectivity index (χ3v) is 5.36. The number of aryl methyl sites for hydroxylation is 1. The van der Waals surface area contributed by atoms with Crippen molar-refractivity contribution < 1.29 is 8.42 Å². The van der Waals surface area contributed by atoms with Crippen LogP contribution in [0, 0.1) is 6.92 Å². The van der Waals surface area contributed by atoms with E-state index in [0.717, 1.165) is 24.8 Å². The van der Waals surface area contributed by atoms with Gasteiger partial charge in [-0.3, -0.25) is 0 Å². The minimum atomic E-state index is -3.37. The standard InChI is InChI=1S/C12H16ClNO2S/c1-10-5-6-11(13)9-12(10)17(15,16)14-7-3-2-4-8-14/h5-6,9H,2-4,7-8H2,1H3. The van der Waals surface area contributed by atoms with Crippen molar-refractivity contribution in [2.45, 2.75) is 31.1 Å². The minimum Gasteiger partial charge on any atom is -0.207 e. The molecule has 1 aliphatic heterocycles. The summed E-state index contributed by atoms with van der Waals surface area (Å²) in [4.78, 5) is 0.340. The van der Waals surface area contributed by atoms with Crippen LogP contribution in [0.3, 0.4) is 0 Å². The molecule has 0 aromatic heterocycles. The third kappa shape index (κ3) is 2.64. The minimum absolute atomic E-state index is 0.340. The Kier molecular flexibility index (Phi) is 3.76. The molecule has 0 N–H and O–H groups in total. The molecule has 1 aromatic rings. The lowest BCUT2D eigenvalue weighted by Crippen LogP contribution is -2.35. The number of benzene rings is 1. The Hall–Kier alpha value is -0.580. The number of hydrogen-bond donors (Lipinski definition) is 0. The maximum absolute atomic E-state index is 12.4. The number of hydrogen-bond acceptors (Lipinski definition) is 2. The highest BCUT2D eigenvalue weighted by Crippen LogP contribution is 2.25. The van der Waals surface area contributed by atoms with Gasteiger partial charge in [-0.15, -0.1) is 0 Å².